The minimum Gasteiger partial charge on any atom is -0.462 e. The third kappa shape index (κ3) is 4.30. The number of aliphatic hydroxyl groups is 2. The van der Waals surface area contributed by atoms with Crippen LogP contribution in [0, 0.1) is 16.7 Å². The Morgan fingerprint density at radius 3 is 2.76 bits per heavy atom. The molecule has 1 saturated heterocycles. The maximum atomic E-state index is 12.1. The molecular formula is C18H27N6O5+. The van der Waals surface area contributed by atoms with Crippen molar-refractivity contribution in [3.8, 4) is 6.07 Å². The lowest BCUT2D eigenvalue weighted by Crippen LogP contribution is -2.44. The lowest BCUT2D eigenvalue weighted by Gasteiger charge is -2.26. The molecule has 1 fully saturated rings. The van der Waals surface area contributed by atoms with E-state index in [1.807, 2.05) is 6.07 Å². The molecule has 1 aliphatic heterocycles. The standard InChI is InChI=1S/C18H26N6O5/c1-17(2,3)13(21)16(27)28-6-10-12(25)14(26)18(7-19,29-10)11-5-4-9(24-11)15(22)23-8-20/h4-5,8,10,12-14,24-26H,6,21H2,1-3H3,(H3,20,22,23)/p+1/t10-,12-,13+,14-,18+/m1/s1. The molecule has 11 nitrogen and oxygen atoms in total. The van der Waals surface area contributed by atoms with Gasteiger partial charge in [-0.05, 0) is 22.5 Å². The van der Waals surface area contributed by atoms with Gasteiger partial charge in [0.2, 0.25) is 5.60 Å². The normalized spacial score (nSPS) is 28.6. The molecule has 0 saturated carbocycles. The number of H-pyrrole nitrogens is 1. The highest BCUT2D eigenvalue weighted by Gasteiger charge is 2.57. The molecule has 0 aliphatic carbocycles. The fourth-order valence-electron chi connectivity index (χ4n) is 2.85. The van der Waals surface area contributed by atoms with E-state index in [2.05, 4.69) is 9.98 Å². The van der Waals surface area contributed by atoms with Gasteiger partial charge in [0, 0.05) is 0 Å². The molecular weight excluding hydrogens is 380 g/mol. The second-order valence-corrected chi connectivity index (χ2v) is 7.86. The smallest absolute Gasteiger partial charge is 0.323 e. The van der Waals surface area contributed by atoms with Crippen LogP contribution < -0.4 is 16.9 Å². The van der Waals surface area contributed by atoms with E-state index in [4.69, 9.17) is 26.4 Å². The Labute approximate surface area is 167 Å². The average Bonchev–Trinajstić information content (AvgIpc) is 3.24. The second-order valence-electron chi connectivity index (χ2n) is 7.86. The minimum atomic E-state index is -1.92. The van der Waals surface area contributed by atoms with Gasteiger partial charge >= 0.3 is 5.97 Å². The van der Waals surface area contributed by atoms with Gasteiger partial charge in [-0.25, -0.2) is 0 Å². The number of nitrogens with two attached hydrogens (primary N) is 3. The lowest BCUT2D eigenvalue weighted by atomic mass is 9.87. The zero-order valence-corrected chi connectivity index (χ0v) is 16.5. The number of aromatic nitrogens is 1. The Balaban J connectivity index is 2.20. The summed E-state index contributed by atoms with van der Waals surface area (Å²) in [6.45, 7) is 4.96. The third-order valence-corrected chi connectivity index (χ3v) is 4.78. The molecule has 1 aromatic heterocycles. The van der Waals surface area contributed by atoms with Crippen molar-refractivity contribution >= 4 is 18.1 Å². The molecule has 2 rings (SSSR count). The van der Waals surface area contributed by atoms with Crippen molar-refractivity contribution in [1.82, 2.24) is 4.98 Å². The van der Waals surface area contributed by atoms with Gasteiger partial charge in [-0.2, -0.15) is 5.26 Å². The van der Waals surface area contributed by atoms with Crippen LogP contribution >= 0.6 is 0 Å². The van der Waals surface area contributed by atoms with Gasteiger partial charge in [-0.3, -0.25) is 10.2 Å². The summed E-state index contributed by atoms with van der Waals surface area (Å²) in [7, 11) is 0. The summed E-state index contributed by atoms with van der Waals surface area (Å²) in [6.07, 6.45) is -3.23. The molecule has 5 atom stereocenters. The molecule has 9 N–H and O–H groups in total. The summed E-state index contributed by atoms with van der Waals surface area (Å²) in [4.78, 5) is 18.7. The first-order chi connectivity index (χ1) is 13.5. The highest BCUT2D eigenvalue weighted by Crippen LogP contribution is 2.39. The van der Waals surface area contributed by atoms with Crippen LogP contribution in [0.5, 0.6) is 0 Å². The maximum absolute atomic E-state index is 12.1. The van der Waals surface area contributed by atoms with E-state index in [1.54, 1.807) is 20.8 Å². The number of amidine groups is 1. The summed E-state index contributed by atoms with van der Waals surface area (Å²) >= 11 is 0. The number of esters is 1. The molecule has 0 radical (unpaired) electrons. The van der Waals surface area contributed by atoms with E-state index in [-0.39, 0.29) is 18.1 Å². The van der Waals surface area contributed by atoms with Crippen LogP contribution in [-0.4, -0.2) is 64.3 Å². The zero-order chi connectivity index (χ0) is 22.0. The first-order valence-electron chi connectivity index (χ1n) is 8.92. The van der Waals surface area contributed by atoms with Crippen molar-refractivity contribution in [1.29, 1.82) is 5.26 Å². The summed E-state index contributed by atoms with van der Waals surface area (Å²) in [6, 6.07) is 3.98. The fourth-order valence-corrected chi connectivity index (χ4v) is 2.85. The van der Waals surface area contributed by atoms with Gasteiger partial charge < -0.3 is 36.1 Å². The fraction of sp³-hybridized carbons (Fsp3) is 0.556. The van der Waals surface area contributed by atoms with Crippen LogP contribution in [0.3, 0.4) is 0 Å². The molecule has 1 aliphatic rings. The number of ether oxygens (including phenoxy) is 2. The molecule has 29 heavy (non-hydrogen) atoms. The van der Waals surface area contributed by atoms with Gasteiger partial charge in [0.15, 0.2) is 0 Å². The average molecular weight is 407 g/mol. The number of hydrogen-bond acceptors (Lipinski definition) is 7. The van der Waals surface area contributed by atoms with Crippen LogP contribution in [-0.2, 0) is 19.9 Å². The largest absolute Gasteiger partial charge is 0.462 e. The van der Waals surface area contributed by atoms with E-state index in [9.17, 15) is 20.3 Å². The quantitative estimate of drug-likeness (QED) is 0.165. The van der Waals surface area contributed by atoms with Crippen molar-refractivity contribution in [3.63, 3.8) is 0 Å². The molecule has 158 valence electrons. The predicted octanol–water partition coefficient (Wildman–Crippen LogP) is -2.74. The number of nitrogens with one attached hydrogen (secondary N) is 1. The molecule has 1 aromatic rings. The van der Waals surface area contributed by atoms with Crippen LogP contribution in [0.4, 0.5) is 0 Å². The van der Waals surface area contributed by atoms with Crippen molar-refractivity contribution in [2.45, 2.75) is 50.7 Å². The Morgan fingerprint density at radius 1 is 1.55 bits per heavy atom. The number of aliphatic imine (C=N–C) groups is 1. The maximum Gasteiger partial charge on any atom is 0.323 e. The molecule has 2 heterocycles. The topological polar surface area (TPSA) is 206 Å². The van der Waals surface area contributed by atoms with E-state index in [1.165, 1.54) is 12.1 Å². The third-order valence-electron chi connectivity index (χ3n) is 4.78. The summed E-state index contributed by atoms with van der Waals surface area (Å²) in [5, 5.41) is 35.8. The molecule has 0 bridgehead atoms. The number of nitrogens with zero attached hydrogens (tertiary/aromatic N) is 2. The van der Waals surface area contributed by atoms with Crippen LogP contribution in [0.1, 0.15) is 32.2 Å². The first-order valence-corrected chi connectivity index (χ1v) is 8.92. The monoisotopic (exact) mass is 407 g/mol. The summed E-state index contributed by atoms with van der Waals surface area (Å²) < 4.78 is 10.8. The molecule has 0 spiro atoms. The number of hydrogen-bond donors (Lipinski definition) is 6. The highest BCUT2D eigenvalue weighted by molar-refractivity contribution is 5.99. The Bertz CT molecular complexity index is 839. The van der Waals surface area contributed by atoms with E-state index >= 15 is 0 Å². The Morgan fingerprint density at radius 2 is 2.21 bits per heavy atom. The second kappa shape index (κ2) is 8.30. The van der Waals surface area contributed by atoms with Crippen LogP contribution in [0.2, 0.25) is 0 Å². The van der Waals surface area contributed by atoms with Crippen molar-refractivity contribution in [2.24, 2.45) is 21.9 Å². The number of aromatic amines is 1. The van der Waals surface area contributed by atoms with Crippen molar-refractivity contribution < 1.29 is 29.9 Å². The van der Waals surface area contributed by atoms with E-state index in [0.29, 0.717) is 5.69 Å². The zero-order valence-electron chi connectivity index (χ0n) is 16.5. The van der Waals surface area contributed by atoms with E-state index in [0.717, 1.165) is 6.34 Å². The first kappa shape index (κ1) is 22.5. The minimum absolute atomic E-state index is 0.0570. The highest BCUT2D eigenvalue weighted by atomic mass is 16.6. The van der Waals surface area contributed by atoms with Crippen LogP contribution in [0.25, 0.3) is 0 Å². The SMILES string of the molecule is CC(C)(C)[C@@H](N)C(=O)OC[C@H]1O[C@@](C#N)(c2ccc(C(N)=NC=[NH2+])[nH]2)[C@H](O)[C@@H]1O. The molecule has 0 unspecified atom stereocenters. The molecule has 11 heteroatoms. The van der Waals surface area contributed by atoms with Gasteiger partial charge in [-0.15, -0.1) is 0 Å². The van der Waals surface area contributed by atoms with Crippen molar-refractivity contribution in [3.05, 3.63) is 23.5 Å². The lowest BCUT2D eigenvalue weighted by molar-refractivity contribution is -0.154. The summed E-state index contributed by atoms with van der Waals surface area (Å²) in [5.41, 5.74) is 9.63. The molecule has 0 aromatic carbocycles. The number of rotatable bonds is 6. The predicted molar refractivity (Wildman–Crippen MR) is 102 cm³/mol. The van der Waals surface area contributed by atoms with Gasteiger partial charge in [0.25, 0.3) is 12.2 Å². The number of aliphatic hydroxyl groups excluding tert-OH is 2. The Hall–Kier alpha value is -2.78. The number of carbonyl (C=O) groups excluding carboxylic acids is 1. The number of carbonyl (C=O) groups is 1. The van der Waals surface area contributed by atoms with Gasteiger partial charge in [0.1, 0.15) is 42.7 Å². The number of nitriles is 1. The van der Waals surface area contributed by atoms with E-state index < -0.39 is 41.3 Å². The summed E-state index contributed by atoms with van der Waals surface area (Å²) in [5.74, 6) is -0.622. The van der Waals surface area contributed by atoms with Gasteiger partial charge in [0.05, 0.1) is 5.69 Å². The van der Waals surface area contributed by atoms with Gasteiger partial charge in [-0.1, -0.05) is 20.8 Å². The van der Waals surface area contributed by atoms with Crippen LogP contribution in [0.15, 0.2) is 17.1 Å². The molecule has 0 amide bonds. The Kier molecular flexibility index (Phi) is 6.44. The van der Waals surface area contributed by atoms with Crippen molar-refractivity contribution in [2.75, 3.05) is 6.61 Å².